The van der Waals surface area contributed by atoms with E-state index in [9.17, 15) is 18.7 Å². The van der Waals surface area contributed by atoms with Crippen LogP contribution in [0, 0.1) is 11.6 Å². The number of rotatable bonds is 8. The highest BCUT2D eigenvalue weighted by molar-refractivity contribution is 7.20. The summed E-state index contributed by atoms with van der Waals surface area (Å²) in [6.07, 6.45) is 6.16. The van der Waals surface area contributed by atoms with Crippen LogP contribution in [0.15, 0.2) is 67.5 Å². The molecule has 8 nitrogen and oxygen atoms in total. The highest BCUT2D eigenvalue weighted by Gasteiger charge is 2.43. The lowest BCUT2D eigenvalue weighted by molar-refractivity contribution is -0.0547. The Labute approximate surface area is 225 Å². The number of thiazole rings is 1. The molecule has 12 heteroatoms. The number of carbonyl (C=O) groups excluding carboxylic acids is 1. The van der Waals surface area contributed by atoms with Gasteiger partial charge < -0.3 is 10.0 Å². The molecule has 0 saturated carbocycles. The minimum Gasteiger partial charge on any atom is -0.381 e. The molecule has 196 valence electrons. The number of halogens is 3. The Morgan fingerprint density at radius 2 is 1.97 bits per heavy atom. The van der Waals surface area contributed by atoms with E-state index in [0.29, 0.717) is 16.0 Å². The molecule has 0 unspecified atom stereocenters. The van der Waals surface area contributed by atoms with E-state index in [-0.39, 0.29) is 24.3 Å². The summed E-state index contributed by atoms with van der Waals surface area (Å²) < 4.78 is 31.7. The van der Waals surface area contributed by atoms with E-state index >= 15 is 0 Å². The molecular weight excluding hydrogens is 534 g/mol. The zero-order chi connectivity index (χ0) is 27.0. The van der Waals surface area contributed by atoms with Crippen molar-refractivity contribution < 1.29 is 18.7 Å². The molecule has 5 aromatic rings. The molecule has 2 aromatic carbocycles. The minimum absolute atomic E-state index is 0.161. The Morgan fingerprint density at radius 1 is 1.21 bits per heavy atom. The van der Waals surface area contributed by atoms with Crippen LogP contribution in [0.3, 0.4) is 0 Å². The molecule has 0 spiro atoms. The average Bonchev–Trinajstić information content (AvgIpc) is 3.62. The molecule has 1 N–H and O–H groups in total. The van der Waals surface area contributed by atoms with Crippen molar-refractivity contribution in [3.8, 4) is 10.4 Å². The van der Waals surface area contributed by atoms with Gasteiger partial charge in [0.2, 0.25) is 0 Å². The third kappa shape index (κ3) is 4.80. The topological polar surface area (TPSA) is 88.5 Å². The van der Waals surface area contributed by atoms with Crippen LogP contribution in [-0.4, -0.2) is 52.6 Å². The van der Waals surface area contributed by atoms with Gasteiger partial charge in [-0.2, -0.15) is 5.10 Å². The molecular formula is C26H23ClF2N6O2S. The Morgan fingerprint density at radius 3 is 2.61 bits per heavy atom. The van der Waals surface area contributed by atoms with Gasteiger partial charge in [-0.25, -0.2) is 23.4 Å². The summed E-state index contributed by atoms with van der Waals surface area (Å²) >= 11 is 7.40. The van der Waals surface area contributed by atoms with Gasteiger partial charge >= 0.3 is 0 Å². The predicted molar refractivity (Wildman–Crippen MR) is 140 cm³/mol. The number of aliphatic hydroxyl groups is 1. The summed E-state index contributed by atoms with van der Waals surface area (Å²) in [5.41, 5.74) is -0.973. The van der Waals surface area contributed by atoms with Gasteiger partial charge in [-0.3, -0.25) is 9.20 Å². The Kier molecular flexibility index (Phi) is 6.99. The second-order valence-electron chi connectivity index (χ2n) is 8.83. The number of imidazole rings is 1. The lowest BCUT2D eigenvalue weighted by Crippen LogP contribution is -2.54. The van der Waals surface area contributed by atoms with Crippen LogP contribution in [0.4, 0.5) is 8.78 Å². The predicted octanol–water partition coefficient (Wildman–Crippen LogP) is 5.02. The minimum atomic E-state index is -1.96. The molecule has 1 amide bonds. The molecule has 38 heavy (non-hydrogen) atoms. The van der Waals surface area contributed by atoms with Crippen LogP contribution in [0.25, 0.3) is 15.4 Å². The van der Waals surface area contributed by atoms with Gasteiger partial charge in [0.25, 0.3) is 5.91 Å². The number of amides is 1. The van der Waals surface area contributed by atoms with Crippen LogP contribution >= 0.6 is 22.9 Å². The number of carbonyl (C=O) groups is 1. The molecule has 0 aliphatic rings. The SMILES string of the molecule is CCN(C(=O)c1cn2cc(-c3ccc(Cl)cc3)sc2n1)[C@H](C)[C@](O)(Cn1cncn1)c1ccc(F)cc1F. The molecule has 3 heterocycles. The van der Waals surface area contributed by atoms with Gasteiger partial charge in [0.1, 0.15) is 35.6 Å². The van der Waals surface area contributed by atoms with Gasteiger partial charge in [0, 0.05) is 35.6 Å². The smallest absolute Gasteiger partial charge is 0.274 e. The molecule has 0 fully saturated rings. The Hall–Kier alpha value is -3.67. The lowest BCUT2D eigenvalue weighted by Gasteiger charge is -2.40. The fourth-order valence-corrected chi connectivity index (χ4v) is 5.59. The van der Waals surface area contributed by atoms with E-state index in [0.717, 1.165) is 16.5 Å². The number of aromatic nitrogens is 5. The van der Waals surface area contributed by atoms with Crippen LogP contribution in [0.1, 0.15) is 29.9 Å². The van der Waals surface area contributed by atoms with E-state index < -0.39 is 29.2 Å². The first kappa shape index (κ1) is 26.0. The van der Waals surface area contributed by atoms with Gasteiger partial charge in [0.05, 0.1) is 17.5 Å². The van der Waals surface area contributed by atoms with Crippen molar-refractivity contribution in [2.75, 3.05) is 6.54 Å². The first-order valence-electron chi connectivity index (χ1n) is 11.8. The fraction of sp³-hybridized carbons (Fsp3) is 0.231. The van der Waals surface area contributed by atoms with Crippen LogP contribution in [0.5, 0.6) is 0 Å². The van der Waals surface area contributed by atoms with Crippen molar-refractivity contribution >= 4 is 33.8 Å². The summed E-state index contributed by atoms with van der Waals surface area (Å²) in [6.45, 7) is 3.34. The number of fused-ring (bicyclic) bond motifs is 1. The second kappa shape index (κ2) is 10.2. The summed E-state index contributed by atoms with van der Waals surface area (Å²) in [4.78, 5) is 25.0. The van der Waals surface area contributed by atoms with Crippen LogP contribution in [0.2, 0.25) is 5.02 Å². The lowest BCUT2D eigenvalue weighted by atomic mass is 9.85. The zero-order valence-electron chi connectivity index (χ0n) is 20.4. The maximum absolute atomic E-state index is 15.0. The number of hydrogen-bond acceptors (Lipinski definition) is 6. The van der Waals surface area contributed by atoms with Crippen molar-refractivity contribution in [1.82, 2.24) is 29.0 Å². The number of benzene rings is 2. The van der Waals surface area contributed by atoms with Crippen molar-refractivity contribution in [2.24, 2.45) is 0 Å². The second-order valence-corrected chi connectivity index (χ2v) is 10.3. The van der Waals surface area contributed by atoms with E-state index in [1.165, 1.54) is 39.6 Å². The summed E-state index contributed by atoms with van der Waals surface area (Å²) in [6, 6.07) is 9.43. The third-order valence-corrected chi connectivity index (χ3v) is 7.83. The molecule has 2 atom stereocenters. The van der Waals surface area contributed by atoms with Gasteiger partial charge in [-0.15, -0.1) is 0 Å². The van der Waals surface area contributed by atoms with Crippen LogP contribution in [-0.2, 0) is 12.1 Å². The molecule has 0 saturated heterocycles. The zero-order valence-corrected chi connectivity index (χ0v) is 22.0. The van der Waals surface area contributed by atoms with Gasteiger partial charge in [0.15, 0.2) is 4.96 Å². The summed E-state index contributed by atoms with van der Waals surface area (Å²) in [5.74, 6) is -2.15. The maximum atomic E-state index is 15.0. The number of nitrogens with zero attached hydrogens (tertiary/aromatic N) is 6. The maximum Gasteiger partial charge on any atom is 0.274 e. The van der Waals surface area contributed by atoms with Crippen molar-refractivity contribution in [2.45, 2.75) is 32.0 Å². The number of likely N-dealkylation sites (N-methyl/N-ethyl adjacent to an activating group) is 1. The molecule has 5 rings (SSSR count). The Bertz CT molecular complexity index is 1560. The van der Waals surface area contributed by atoms with Crippen molar-refractivity contribution in [3.05, 3.63) is 95.4 Å². The van der Waals surface area contributed by atoms with E-state index in [1.54, 1.807) is 36.6 Å². The quantitative estimate of drug-likeness (QED) is 0.290. The first-order chi connectivity index (χ1) is 18.2. The first-order valence-corrected chi connectivity index (χ1v) is 12.9. The largest absolute Gasteiger partial charge is 0.381 e. The average molecular weight is 557 g/mol. The van der Waals surface area contributed by atoms with Gasteiger partial charge in [-0.05, 0) is 37.6 Å². The molecule has 0 aliphatic heterocycles. The molecule has 0 radical (unpaired) electrons. The highest BCUT2D eigenvalue weighted by Crippen LogP contribution is 2.34. The molecule has 0 bridgehead atoms. The standard InChI is InChI=1S/C26H23ClF2N6O2S/c1-3-35(16(2)26(37,13-34-15-30-14-31-34)20-9-8-19(28)10-21(20)29)24(36)22-11-33-12-23(38-25(33)32-22)17-4-6-18(27)7-5-17/h4-12,14-16,37H,3,13H2,1-2H3/t16-,26-/m1/s1. The number of hydrogen-bond donors (Lipinski definition) is 1. The molecule has 3 aromatic heterocycles. The van der Waals surface area contributed by atoms with Crippen LogP contribution < -0.4 is 0 Å². The van der Waals surface area contributed by atoms with E-state index in [4.69, 9.17) is 11.6 Å². The normalized spacial score (nSPS) is 13.9. The molecule has 0 aliphatic carbocycles. The monoisotopic (exact) mass is 556 g/mol. The van der Waals surface area contributed by atoms with Crippen molar-refractivity contribution in [1.29, 1.82) is 0 Å². The van der Waals surface area contributed by atoms with Crippen molar-refractivity contribution in [3.63, 3.8) is 0 Å². The third-order valence-electron chi connectivity index (χ3n) is 6.53. The van der Waals surface area contributed by atoms with Gasteiger partial charge in [-0.1, -0.05) is 41.1 Å². The summed E-state index contributed by atoms with van der Waals surface area (Å²) in [5, 5.41) is 16.6. The fourth-order valence-electron chi connectivity index (χ4n) is 4.49. The Balaban J connectivity index is 1.47. The van der Waals surface area contributed by atoms with E-state index in [2.05, 4.69) is 15.1 Å². The van der Waals surface area contributed by atoms with E-state index in [1.807, 2.05) is 18.3 Å². The summed E-state index contributed by atoms with van der Waals surface area (Å²) in [7, 11) is 0. The highest BCUT2D eigenvalue weighted by atomic mass is 35.5.